The van der Waals surface area contributed by atoms with Gasteiger partial charge in [-0.1, -0.05) is 33.3 Å². The second kappa shape index (κ2) is 13.5. The molecule has 3 amide bonds. The van der Waals surface area contributed by atoms with E-state index >= 15 is 0 Å². The van der Waals surface area contributed by atoms with Crippen molar-refractivity contribution in [3.8, 4) is 11.5 Å². The molecular formula is C25H37N3O6. The topological polar surface area (TPSA) is 106 Å². The summed E-state index contributed by atoms with van der Waals surface area (Å²) in [6, 6.07) is 4.04. The molecule has 1 heterocycles. The van der Waals surface area contributed by atoms with Crippen molar-refractivity contribution in [3.63, 3.8) is 0 Å². The van der Waals surface area contributed by atoms with Gasteiger partial charge in [-0.15, -0.1) is 0 Å². The van der Waals surface area contributed by atoms with Crippen LogP contribution in [0, 0.1) is 0 Å². The molecule has 0 aliphatic carbocycles. The number of nitrogens with one attached hydrogen (secondary N) is 2. The summed E-state index contributed by atoms with van der Waals surface area (Å²) in [6.07, 6.45) is 3.04. The third-order valence-corrected chi connectivity index (χ3v) is 5.36. The Morgan fingerprint density at radius 1 is 1.03 bits per heavy atom. The van der Waals surface area contributed by atoms with Gasteiger partial charge in [-0.05, 0) is 43.9 Å². The Kier molecular flexibility index (Phi) is 10.7. The first-order chi connectivity index (χ1) is 16.4. The van der Waals surface area contributed by atoms with Gasteiger partial charge in [-0.25, -0.2) is 9.59 Å². The molecule has 1 unspecified atom stereocenters. The van der Waals surface area contributed by atoms with Crippen LogP contribution in [0.1, 0.15) is 65.0 Å². The second-order valence-corrected chi connectivity index (χ2v) is 7.97. The highest BCUT2D eigenvalue weighted by molar-refractivity contribution is 5.95. The number of methoxy groups -OCH3 is 1. The molecule has 0 bridgehead atoms. The van der Waals surface area contributed by atoms with Crippen LogP contribution in [0.15, 0.2) is 29.5 Å². The van der Waals surface area contributed by atoms with Crippen LogP contribution in [0.4, 0.5) is 4.79 Å². The van der Waals surface area contributed by atoms with Gasteiger partial charge in [-0.2, -0.15) is 0 Å². The van der Waals surface area contributed by atoms with Gasteiger partial charge in [0.15, 0.2) is 18.1 Å². The second-order valence-electron chi connectivity index (χ2n) is 7.97. The summed E-state index contributed by atoms with van der Waals surface area (Å²) in [4.78, 5) is 39.5. The average molecular weight is 476 g/mol. The van der Waals surface area contributed by atoms with Gasteiger partial charge in [0, 0.05) is 18.8 Å². The maximum atomic E-state index is 12.8. The summed E-state index contributed by atoms with van der Waals surface area (Å²) in [5.74, 6) is 0.233. The highest BCUT2D eigenvalue weighted by Gasteiger charge is 2.33. The van der Waals surface area contributed by atoms with Crippen molar-refractivity contribution in [2.24, 2.45) is 0 Å². The molecule has 34 heavy (non-hydrogen) atoms. The van der Waals surface area contributed by atoms with Gasteiger partial charge in [0.1, 0.15) is 0 Å². The summed E-state index contributed by atoms with van der Waals surface area (Å²) >= 11 is 0. The van der Waals surface area contributed by atoms with E-state index in [-0.39, 0.29) is 19.1 Å². The van der Waals surface area contributed by atoms with Crippen LogP contribution in [0.25, 0.3) is 0 Å². The fraction of sp³-hybridized carbons (Fsp3) is 0.560. The van der Waals surface area contributed by atoms with E-state index in [1.54, 1.807) is 30.0 Å². The molecule has 1 aliphatic rings. The number of amides is 3. The SMILES string of the molecule is CCCC1=C(C(=O)OCC)C(c2ccc(OCC(=O)N(CCC)CCC)c(OC)c2)NC(=O)N1. The van der Waals surface area contributed by atoms with Gasteiger partial charge < -0.3 is 29.7 Å². The van der Waals surface area contributed by atoms with Gasteiger partial charge in [0.2, 0.25) is 0 Å². The molecule has 1 aromatic carbocycles. The fourth-order valence-corrected chi connectivity index (χ4v) is 3.88. The van der Waals surface area contributed by atoms with Crippen molar-refractivity contribution < 1.29 is 28.6 Å². The lowest BCUT2D eigenvalue weighted by Crippen LogP contribution is -2.46. The van der Waals surface area contributed by atoms with Crippen LogP contribution in [0.3, 0.4) is 0 Å². The number of rotatable bonds is 13. The van der Waals surface area contributed by atoms with Crippen LogP contribution in [-0.2, 0) is 14.3 Å². The van der Waals surface area contributed by atoms with E-state index in [1.807, 2.05) is 20.8 Å². The van der Waals surface area contributed by atoms with Crippen molar-refractivity contribution in [1.29, 1.82) is 0 Å². The number of benzene rings is 1. The molecular weight excluding hydrogens is 438 g/mol. The summed E-state index contributed by atoms with van der Waals surface area (Å²) in [5.41, 5.74) is 1.55. The number of carbonyl (C=O) groups excluding carboxylic acids is 3. The molecule has 0 radical (unpaired) electrons. The molecule has 1 atom stereocenters. The summed E-state index contributed by atoms with van der Waals surface area (Å²) < 4.78 is 16.5. The van der Waals surface area contributed by atoms with E-state index in [0.29, 0.717) is 47.8 Å². The van der Waals surface area contributed by atoms with Crippen molar-refractivity contribution in [2.45, 2.75) is 59.4 Å². The minimum Gasteiger partial charge on any atom is -0.493 e. The number of carbonyl (C=O) groups is 3. The monoisotopic (exact) mass is 475 g/mol. The maximum Gasteiger partial charge on any atom is 0.338 e. The Bertz CT molecular complexity index is 893. The van der Waals surface area contributed by atoms with Gasteiger partial charge in [0.25, 0.3) is 5.91 Å². The van der Waals surface area contributed by atoms with Crippen LogP contribution in [0.5, 0.6) is 11.5 Å². The Hall–Kier alpha value is -3.23. The molecule has 2 N–H and O–H groups in total. The summed E-state index contributed by atoms with van der Waals surface area (Å²) in [5, 5.41) is 5.55. The molecule has 0 aromatic heterocycles. The normalized spacial score (nSPS) is 15.3. The van der Waals surface area contributed by atoms with Crippen LogP contribution in [-0.4, -0.2) is 56.2 Å². The van der Waals surface area contributed by atoms with Crippen LogP contribution < -0.4 is 20.1 Å². The zero-order valence-corrected chi connectivity index (χ0v) is 20.9. The first-order valence-corrected chi connectivity index (χ1v) is 12.0. The third kappa shape index (κ3) is 6.88. The van der Waals surface area contributed by atoms with Crippen molar-refractivity contribution in [3.05, 3.63) is 35.0 Å². The zero-order chi connectivity index (χ0) is 25.1. The first kappa shape index (κ1) is 27.0. The Balaban J connectivity index is 2.31. The van der Waals surface area contributed by atoms with Crippen LogP contribution in [0.2, 0.25) is 0 Å². The summed E-state index contributed by atoms with van der Waals surface area (Å²) in [7, 11) is 1.50. The van der Waals surface area contributed by atoms with Crippen molar-refractivity contribution in [2.75, 3.05) is 33.4 Å². The molecule has 9 heteroatoms. The average Bonchev–Trinajstić information content (AvgIpc) is 2.82. The van der Waals surface area contributed by atoms with E-state index in [9.17, 15) is 14.4 Å². The number of hydrogen-bond donors (Lipinski definition) is 2. The van der Waals surface area contributed by atoms with Crippen molar-refractivity contribution in [1.82, 2.24) is 15.5 Å². The van der Waals surface area contributed by atoms with E-state index in [1.165, 1.54) is 7.11 Å². The highest BCUT2D eigenvalue weighted by atomic mass is 16.5. The van der Waals surface area contributed by atoms with E-state index < -0.39 is 18.0 Å². The smallest absolute Gasteiger partial charge is 0.338 e. The predicted molar refractivity (Wildman–Crippen MR) is 129 cm³/mol. The number of hydrogen-bond acceptors (Lipinski definition) is 6. The van der Waals surface area contributed by atoms with Gasteiger partial charge >= 0.3 is 12.0 Å². The lowest BCUT2D eigenvalue weighted by Gasteiger charge is -2.29. The Morgan fingerprint density at radius 2 is 1.74 bits per heavy atom. The van der Waals surface area contributed by atoms with Crippen LogP contribution >= 0.6 is 0 Å². The molecule has 0 fully saturated rings. The number of esters is 1. The summed E-state index contributed by atoms with van der Waals surface area (Å²) in [6.45, 7) is 9.26. The zero-order valence-electron chi connectivity index (χ0n) is 20.9. The molecule has 9 nitrogen and oxygen atoms in total. The maximum absolute atomic E-state index is 12.8. The van der Waals surface area contributed by atoms with Gasteiger partial charge in [0.05, 0.1) is 25.3 Å². The fourth-order valence-electron chi connectivity index (χ4n) is 3.88. The molecule has 1 aromatic rings. The lowest BCUT2D eigenvalue weighted by atomic mass is 9.93. The minimum absolute atomic E-state index is 0.0859. The molecule has 2 rings (SSSR count). The van der Waals surface area contributed by atoms with Gasteiger partial charge in [-0.3, -0.25) is 4.79 Å². The minimum atomic E-state index is -0.705. The highest BCUT2D eigenvalue weighted by Crippen LogP contribution is 2.35. The predicted octanol–water partition coefficient (Wildman–Crippen LogP) is 3.69. The van der Waals surface area contributed by atoms with E-state index in [4.69, 9.17) is 14.2 Å². The Morgan fingerprint density at radius 3 is 2.32 bits per heavy atom. The standard InChI is InChI=1S/C25H37N3O6/c1-6-10-18-22(24(30)33-9-4)23(27-25(31)26-18)17-11-12-19(20(15-17)32-5)34-16-21(29)28(13-7-2)14-8-3/h11-12,15,23H,6-10,13-14,16H2,1-5H3,(H2,26,27,31). The number of ether oxygens (including phenoxy) is 3. The first-order valence-electron chi connectivity index (χ1n) is 12.0. The van der Waals surface area contributed by atoms with E-state index in [2.05, 4.69) is 10.6 Å². The Labute approximate surface area is 201 Å². The molecule has 0 saturated heterocycles. The quantitative estimate of drug-likeness (QED) is 0.422. The molecule has 1 aliphatic heterocycles. The molecule has 188 valence electrons. The third-order valence-electron chi connectivity index (χ3n) is 5.36. The molecule has 0 spiro atoms. The number of urea groups is 1. The molecule has 0 saturated carbocycles. The largest absolute Gasteiger partial charge is 0.493 e. The van der Waals surface area contributed by atoms with Crippen molar-refractivity contribution >= 4 is 17.9 Å². The number of nitrogens with zero attached hydrogens (tertiary/aromatic N) is 1. The van der Waals surface area contributed by atoms with E-state index in [0.717, 1.165) is 19.3 Å². The lowest BCUT2D eigenvalue weighted by molar-refractivity contribution is -0.139. The number of allylic oxidation sites excluding steroid dienone is 1.